The quantitative estimate of drug-likeness (QED) is 0.686. The lowest BCUT2D eigenvalue weighted by Gasteiger charge is -2.44. The van der Waals surface area contributed by atoms with Gasteiger partial charge in [0, 0.05) is 12.8 Å². The third kappa shape index (κ3) is 1.56. The molecular formula is C12H12F2O. The number of hydrogen-bond acceptors (Lipinski definition) is 1. The molecule has 0 N–H and O–H groups in total. The Morgan fingerprint density at radius 2 is 1.87 bits per heavy atom. The highest BCUT2D eigenvalue weighted by Crippen LogP contribution is 2.52. The Labute approximate surface area is 87.1 Å². The van der Waals surface area contributed by atoms with Gasteiger partial charge in [0.25, 0.3) is 5.92 Å². The van der Waals surface area contributed by atoms with Crippen LogP contribution >= 0.6 is 0 Å². The second-order valence-electron chi connectivity index (χ2n) is 4.30. The van der Waals surface area contributed by atoms with E-state index in [1.807, 2.05) is 19.1 Å². The summed E-state index contributed by atoms with van der Waals surface area (Å²) < 4.78 is 25.8. The largest absolute Gasteiger partial charge is 0.302 e. The van der Waals surface area contributed by atoms with Crippen molar-refractivity contribution in [2.24, 2.45) is 0 Å². The molecule has 0 atom stereocenters. The lowest BCUT2D eigenvalue weighted by molar-refractivity contribution is -0.146. The molecule has 0 aliphatic heterocycles. The third-order valence-electron chi connectivity index (χ3n) is 3.06. The van der Waals surface area contributed by atoms with Gasteiger partial charge in [0.2, 0.25) is 0 Å². The summed E-state index contributed by atoms with van der Waals surface area (Å²) in [6, 6.07) is 7.23. The van der Waals surface area contributed by atoms with Crippen LogP contribution < -0.4 is 0 Å². The zero-order valence-corrected chi connectivity index (χ0v) is 8.47. The molecule has 1 nitrogen and oxygen atoms in total. The molecule has 1 aliphatic carbocycles. The minimum absolute atomic E-state index is 0.353. The van der Waals surface area contributed by atoms with Crippen LogP contribution in [0.4, 0.5) is 8.78 Å². The van der Waals surface area contributed by atoms with Crippen LogP contribution in [0.15, 0.2) is 24.3 Å². The predicted molar refractivity (Wildman–Crippen MR) is 53.1 cm³/mol. The van der Waals surface area contributed by atoms with Crippen molar-refractivity contribution in [1.82, 2.24) is 0 Å². The van der Waals surface area contributed by atoms with E-state index >= 15 is 0 Å². The summed E-state index contributed by atoms with van der Waals surface area (Å²) >= 11 is 0. The Morgan fingerprint density at radius 3 is 2.33 bits per heavy atom. The van der Waals surface area contributed by atoms with E-state index in [9.17, 15) is 13.6 Å². The first-order valence-electron chi connectivity index (χ1n) is 4.89. The lowest BCUT2D eigenvalue weighted by Crippen LogP contribution is -2.50. The fraction of sp³-hybridized carbons (Fsp3) is 0.417. The minimum Gasteiger partial charge on any atom is -0.302 e. The average Bonchev–Trinajstić information content (AvgIpc) is 2.14. The maximum atomic E-state index is 12.9. The van der Waals surface area contributed by atoms with E-state index in [-0.39, 0.29) is 12.8 Å². The predicted octanol–water partition coefficient (Wildman–Crippen LogP) is 2.86. The van der Waals surface area contributed by atoms with Gasteiger partial charge in [-0.05, 0) is 18.1 Å². The van der Waals surface area contributed by atoms with Crippen LogP contribution in [-0.2, 0) is 10.2 Å². The minimum atomic E-state index is -2.68. The van der Waals surface area contributed by atoms with E-state index in [1.165, 1.54) is 0 Å². The Kier molecular flexibility index (Phi) is 2.14. The first kappa shape index (κ1) is 10.3. The molecule has 1 aromatic carbocycles. The van der Waals surface area contributed by atoms with E-state index in [4.69, 9.17) is 0 Å². The molecule has 0 aromatic heterocycles. The van der Waals surface area contributed by atoms with Gasteiger partial charge in [-0.25, -0.2) is 8.78 Å². The van der Waals surface area contributed by atoms with E-state index in [0.29, 0.717) is 6.29 Å². The van der Waals surface area contributed by atoms with Crippen molar-refractivity contribution in [1.29, 1.82) is 0 Å². The van der Waals surface area contributed by atoms with E-state index in [0.717, 1.165) is 11.1 Å². The van der Waals surface area contributed by atoms with Crippen molar-refractivity contribution in [3.63, 3.8) is 0 Å². The molecule has 0 heterocycles. The Hall–Kier alpha value is -1.25. The number of carbonyl (C=O) groups is 1. The second kappa shape index (κ2) is 3.12. The molecule has 0 bridgehead atoms. The fourth-order valence-electron chi connectivity index (χ4n) is 2.34. The number of rotatable bonds is 2. The number of aryl methyl sites for hydroxylation is 1. The van der Waals surface area contributed by atoms with Crippen LogP contribution in [0.1, 0.15) is 24.0 Å². The number of carbonyl (C=O) groups excluding carboxylic acids is 1. The van der Waals surface area contributed by atoms with Gasteiger partial charge in [0.05, 0.1) is 5.41 Å². The number of alkyl halides is 2. The van der Waals surface area contributed by atoms with Crippen LogP contribution in [0.25, 0.3) is 0 Å². The molecule has 3 heteroatoms. The summed E-state index contributed by atoms with van der Waals surface area (Å²) in [4.78, 5) is 11.0. The molecule has 1 aromatic rings. The molecule has 0 unspecified atom stereocenters. The normalized spacial score (nSPS) is 21.8. The Bertz CT molecular complexity index is 390. The van der Waals surface area contributed by atoms with Crippen LogP contribution in [0.2, 0.25) is 0 Å². The summed E-state index contributed by atoms with van der Waals surface area (Å²) in [5, 5.41) is 0. The summed E-state index contributed by atoms with van der Waals surface area (Å²) in [6.07, 6.45) is -0.0323. The standard InChI is InChI=1S/C12H12F2O/c1-9-4-2-3-5-10(9)11(8-15)6-12(13,14)7-11/h2-5,8H,6-7H2,1H3. The topological polar surface area (TPSA) is 17.1 Å². The number of halogens is 2. The molecule has 2 rings (SSSR count). The van der Waals surface area contributed by atoms with Gasteiger partial charge in [-0.15, -0.1) is 0 Å². The molecule has 1 saturated carbocycles. The zero-order valence-electron chi connectivity index (χ0n) is 8.47. The lowest BCUT2D eigenvalue weighted by atomic mass is 9.62. The SMILES string of the molecule is Cc1ccccc1C1(C=O)CC(F)(F)C1. The maximum Gasteiger partial charge on any atom is 0.250 e. The van der Waals surface area contributed by atoms with Crippen LogP contribution in [0, 0.1) is 6.92 Å². The van der Waals surface area contributed by atoms with E-state index in [1.54, 1.807) is 12.1 Å². The monoisotopic (exact) mass is 210 g/mol. The van der Waals surface area contributed by atoms with Crippen molar-refractivity contribution in [2.45, 2.75) is 31.1 Å². The van der Waals surface area contributed by atoms with Gasteiger partial charge in [-0.2, -0.15) is 0 Å². The van der Waals surface area contributed by atoms with E-state index < -0.39 is 11.3 Å². The molecule has 1 aliphatic rings. The fourth-order valence-corrected chi connectivity index (χ4v) is 2.34. The Balaban J connectivity index is 2.38. The third-order valence-corrected chi connectivity index (χ3v) is 3.06. The highest BCUT2D eigenvalue weighted by molar-refractivity contribution is 5.72. The van der Waals surface area contributed by atoms with Crippen molar-refractivity contribution in [3.05, 3.63) is 35.4 Å². The summed E-state index contributed by atoms with van der Waals surface area (Å²) in [5.41, 5.74) is 0.695. The molecule has 0 amide bonds. The summed E-state index contributed by atoms with van der Waals surface area (Å²) in [6.45, 7) is 1.84. The van der Waals surface area contributed by atoms with Gasteiger partial charge >= 0.3 is 0 Å². The molecule has 15 heavy (non-hydrogen) atoms. The zero-order chi connectivity index (χ0) is 11.1. The number of aldehydes is 1. The molecule has 0 spiro atoms. The van der Waals surface area contributed by atoms with E-state index in [2.05, 4.69) is 0 Å². The first-order chi connectivity index (χ1) is 6.99. The van der Waals surface area contributed by atoms with Gasteiger partial charge in [-0.1, -0.05) is 24.3 Å². The van der Waals surface area contributed by atoms with Gasteiger partial charge in [0.15, 0.2) is 0 Å². The van der Waals surface area contributed by atoms with Crippen molar-refractivity contribution >= 4 is 6.29 Å². The molecule has 0 saturated heterocycles. The molecule has 0 radical (unpaired) electrons. The molecule has 80 valence electrons. The van der Waals surface area contributed by atoms with Crippen LogP contribution in [0.3, 0.4) is 0 Å². The second-order valence-corrected chi connectivity index (χ2v) is 4.30. The van der Waals surface area contributed by atoms with Crippen LogP contribution in [-0.4, -0.2) is 12.2 Å². The van der Waals surface area contributed by atoms with Gasteiger partial charge in [0.1, 0.15) is 6.29 Å². The molecular weight excluding hydrogens is 198 g/mol. The first-order valence-corrected chi connectivity index (χ1v) is 4.89. The number of hydrogen-bond donors (Lipinski definition) is 0. The highest BCUT2D eigenvalue weighted by atomic mass is 19.3. The van der Waals surface area contributed by atoms with Crippen molar-refractivity contribution < 1.29 is 13.6 Å². The summed E-state index contributed by atoms with van der Waals surface area (Å²) in [7, 11) is 0. The van der Waals surface area contributed by atoms with Gasteiger partial charge < -0.3 is 4.79 Å². The average molecular weight is 210 g/mol. The maximum absolute atomic E-state index is 12.9. The van der Waals surface area contributed by atoms with Gasteiger partial charge in [-0.3, -0.25) is 0 Å². The Morgan fingerprint density at radius 1 is 1.27 bits per heavy atom. The van der Waals surface area contributed by atoms with Crippen LogP contribution in [0.5, 0.6) is 0 Å². The summed E-state index contributed by atoms with van der Waals surface area (Å²) in [5.74, 6) is -2.68. The molecule has 1 fully saturated rings. The number of benzene rings is 1. The smallest absolute Gasteiger partial charge is 0.250 e. The highest BCUT2D eigenvalue weighted by Gasteiger charge is 2.57. The van der Waals surface area contributed by atoms with Crippen molar-refractivity contribution in [3.8, 4) is 0 Å². The van der Waals surface area contributed by atoms with Crippen molar-refractivity contribution in [2.75, 3.05) is 0 Å².